The zero-order chi connectivity index (χ0) is 12.0. The molecule has 4 nitrogen and oxygen atoms in total. The zero-order valence-corrected chi connectivity index (χ0v) is 9.75. The van der Waals surface area contributed by atoms with E-state index in [-0.39, 0.29) is 12.5 Å². The SMILES string of the molecule is CC(=O)Nc1ccc(Cl)c(OCCCO)c1. The number of amides is 1. The van der Waals surface area contributed by atoms with Crippen LogP contribution in [0.15, 0.2) is 18.2 Å². The van der Waals surface area contributed by atoms with Crippen LogP contribution in [0.3, 0.4) is 0 Å². The number of aliphatic hydroxyl groups is 1. The lowest BCUT2D eigenvalue weighted by Crippen LogP contribution is -2.06. The number of rotatable bonds is 5. The predicted molar refractivity (Wildman–Crippen MR) is 63.0 cm³/mol. The van der Waals surface area contributed by atoms with Gasteiger partial charge in [-0.1, -0.05) is 11.6 Å². The third-order valence-electron chi connectivity index (χ3n) is 1.81. The first kappa shape index (κ1) is 12.8. The molecule has 0 bridgehead atoms. The number of carbonyl (C=O) groups excluding carboxylic acids is 1. The van der Waals surface area contributed by atoms with Crippen LogP contribution < -0.4 is 10.1 Å². The largest absolute Gasteiger partial charge is 0.492 e. The van der Waals surface area contributed by atoms with Crippen LogP contribution in [0.4, 0.5) is 5.69 Å². The number of aliphatic hydroxyl groups excluding tert-OH is 1. The molecule has 2 N–H and O–H groups in total. The minimum absolute atomic E-state index is 0.0724. The lowest BCUT2D eigenvalue weighted by Gasteiger charge is -2.09. The minimum atomic E-state index is -0.149. The normalized spacial score (nSPS) is 9.94. The molecular weight excluding hydrogens is 230 g/mol. The number of ether oxygens (including phenoxy) is 1. The van der Waals surface area contributed by atoms with E-state index in [1.165, 1.54) is 6.92 Å². The Morgan fingerprint density at radius 3 is 2.94 bits per heavy atom. The summed E-state index contributed by atoms with van der Waals surface area (Å²) < 4.78 is 5.36. The molecule has 16 heavy (non-hydrogen) atoms. The van der Waals surface area contributed by atoms with E-state index in [4.69, 9.17) is 21.4 Å². The van der Waals surface area contributed by atoms with Crippen LogP contribution in [0.25, 0.3) is 0 Å². The van der Waals surface area contributed by atoms with Crippen LogP contribution in [0, 0.1) is 0 Å². The summed E-state index contributed by atoms with van der Waals surface area (Å²) in [6.45, 7) is 1.89. The first-order chi connectivity index (χ1) is 7.63. The average molecular weight is 244 g/mol. The molecule has 0 unspecified atom stereocenters. The van der Waals surface area contributed by atoms with E-state index in [1.807, 2.05) is 0 Å². The van der Waals surface area contributed by atoms with Crippen LogP contribution in [0.1, 0.15) is 13.3 Å². The maximum Gasteiger partial charge on any atom is 0.221 e. The molecular formula is C11H14ClNO3. The molecule has 0 fully saturated rings. The maximum absolute atomic E-state index is 10.9. The Morgan fingerprint density at radius 1 is 1.56 bits per heavy atom. The van der Waals surface area contributed by atoms with Crippen molar-refractivity contribution in [1.29, 1.82) is 0 Å². The maximum atomic E-state index is 10.9. The summed E-state index contributed by atoms with van der Waals surface area (Å²) in [6, 6.07) is 5.00. The zero-order valence-electron chi connectivity index (χ0n) is 9.00. The second-order valence-electron chi connectivity index (χ2n) is 3.25. The average Bonchev–Trinajstić information content (AvgIpc) is 2.22. The van der Waals surface area contributed by atoms with Crippen LogP contribution in [-0.4, -0.2) is 24.2 Å². The van der Waals surface area contributed by atoms with Crippen LogP contribution in [-0.2, 0) is 4.79 Å². The Hall–Kier alpha value is -1.26. The minimum Gasteiger partial charge on any atom is -0.492 e. The third-order valence-corrected chi connectivity index (χ3v) is 2.12. The number of carbonyl (C=O) groups is 1. The number of benzene rings is 1. The van der Waals surface area contributed by atoms with E-state index in [0.29, 0.717) is 29.5 Å². The molecule has 0 atom stereocenters. The van der Waals surface area contributed by atoms with Crippen molar-refractivity contribution in [2.45, 2.75) is 13.3 Å². The van der Waals surface area contributed by atoms with Gasteiger partial charge < -0.3 is 15.2 Å². The number of hydrogen-bond donors (Lipinski definition) is 2. The highest BCUT2D eigenvalue weighted by atomic mass is 35.5. The Kier molecular flexibility index (Phi) is 5.08. The third kappa shape index (κ3) is 4.08. The van der Waals surface area contributed by atoms with Gasteiger partial charge in [0.2, 0.25) is 5.91 Å². The molecule has 1 aromatic carbocycles. The molecule has 0 saturated heterocycles. The fourth-order valence-corrected chi connectivity index (χ4v) is 1.31. The lowest BCUT2D eigenvalue weighted by molar-refractivity contribution is -0.114. The highest BCUT2D eigenvalue weighted by Crippen LogP contribution is 2.27. The molecule has 0 aliphatic heterocycles. The quantitative estimate of drug-likeness (QED) is 0.779. The van der Waals surface area contributed by atoms with E-state index >= 15 is 0 Å². The van der Waals surface area contributed by atoms with Gasteiger partial charge in [-0.2, -0.15) is 0 Å². The van der Waals surface area contributed by atoms with E-state index in [2.05, 4.69) is 5.32 Å². The van der Waals surface area contributed by atoms with Gasteiger partial charge in [-0.05, 0) is 12.1 Å². The van der Waals surface area contributed by atoms with E-state index in [1.54, 1.807) is 18.2 Å². The summed E-state index contributed by atoms with van der Waals surface area (Å²) in [5.74, 6) is 0.352. The molecule has 0 aliphatic rings. The van der Waals surface area contributed by atoms with Gasteiger partial charge in [0.1, 0.15) is 5.75 Å². The Labute approximate surface area is 99.2 Å². The van der Waals surface area contributed by atoms with Crippen molar-refractivity contribution in [3.05, 3.63) is 23.2 Å². The molecule has 0 saturated carbocycles. The van der Waals surface area contributed by atoms with Gasteiger partial charge in [0.25, 0.3) is 0 Å². The lowest BCUT2D eigenvalue weighted by atomic mass is 10.3. The monoisotopic (exact) mass is 243 g/mol. The summed E-state index contributed by atoms with van der Waals surface area (Å²) >= 11 is 5.91. The van der Waals surface area contributed by atoms with E-state index in [0.717, 1.165) is 0 Å². The number of anilines is 1. The fraction of sp³-hybridized carbons (Fsp3) is 0.364. The van der Waals surface area contributed by atoms with Crippen molar-refractivity contribution >= 4 is 23.2 Å². The summed E-state index contributed by atoms with van der Waals surface area (Å²) in [5.41, 5.74) is 0.635. The molecule has 0 spiro atoms. The fourth-order valence-electron chi connectivity index (χ4n) is 1.14. The van der Waals surface area contributed by atoms with Gasteiger partial charge in [0.15, 0.2) is 0 Å². The number of hydrogen-bond acceptors (Lipinski definition) is 3. The molecule has 0 heterocycles. The Bertz CT molecular complexity index is 368. The smallest absolute Gasteiger partial charge is 0.221 e. The summed E-state index contributed by atoms with van der Waals surface area (Å²) in [4.78, 5) is 10.9. The van der Waals surface area contributed by atoms with Crippen LogP contribution >= 0.6 is 11.6 Å². The molecule has 5 heteroatoms. The second kappa shape index (κ2) is 6.35. The van der Waals surface area contributed by atoms with Crippen molar-refractivity contribution in [3.8, 4) is 5.75 Å². The van der Waals surface area contributed by atoms with E-state index < -0.39 is 0 Å². The Morgan fingerprint density at radius 2 is 2.31 bits per heavy atom. The van der Waals surface area contributed by atoms with Gasteiger partial charge in [0.05, 0.1) is 11.6 Å². The first-order valence-corrected chi connectivity index (χ1v) is 5.32. The molecule has 0 radical (unpaired) electrons. The van der Waals surface area contributed by atoms with Crippen LogP contribution in [0.5, 0.6) is 5.75 Å². The van der Waals surface area contributed by atoms with Crippen LogP contribution in [0.2, 0.25) is 5.02 Å². The van der Waals surface area contributed by atoms with Crippen molar-refractivity contribution in [2.75, 3.05) is 18.5 Å². The van der Waals surface area contributed by atoms with E-state index in [9.17, 15) is 4.79 Å². The highest BCUT2D eigenvalue weighted by molar-refractivity contribution is 6.32. The van der Waals surface area contributed by atoms with Gasteiger partial charge >= 0.3 is 0 Å². The van der Waals surface area contributed by atoms with Gasteiger partial charge in [0, 0.05) is 31.7 Å². The first-order valence-electron chi connectivity index (χ1n) is 4.94. The molecule has 1 aromatic rings. The van der Waals surface area contributed by atoms with Crippen molar-refractivity contribution in [1.82, 2.24) is 0 Å². The van der Waals surface area contributed by atoms with Crippen molar-refractivity contribution in [3.63, 3.8) is 0 Å². The molecule has 1 amide bonds. The molecule has 1 rings (SSSR count). The van der Waals surface area contributed by atoms with Gasteiger partial charge in [-0.25, -0.2) is 0 Å². The topological polar surface area (TPSA) is 58.6 Å². The molecule has 0 aliphatic carbocycles. The van der Waals surface area contributed by atoms with Gasteiger partial charge in [-0.3, -0.25) is 4.79 Å². The highest BCUT2D eigenvalue weighted by Gasteiger charge is 2.04. The number of nitrogens with one attached hydrogen (secondary N) is 1. The standard InChI is InChI=1S/C11H14ClNO3/c1-8(15)13-9-3-4-10(12)11(7-9)16-6-2-5-14/h3-4,7,14H,2,5-6H2,1H3,(H,13,15). The summed E-state index contributed by atoms with van der Waals surface area (Å²) in [7, 11) is 0. The summed E-state index contributed by atoms with van der Waals surface area (Å²) in [5, 5.41) is 11.7. The van der Waals surface area contributed by atoms with Gasteiger partial charge in [-0.15, -0.1) is 0 Å². The molecule has 88 valence electrons. The predicted octanol–water partition coefficient (Wildman–Crippen LogP) is 2.06. The number of halogens is 1. The van der Waals surface area contributed by atoms with Crippen molar-refractivity contribution < 1.29 is 14.6 Å². The van der Waals surface area contributed by atoms with Crippen molar-refractivity contribution in [2.24, 2.45) is 0 Å². The second-order valence-corrected chi connectivity index (χ2v) is 3.66. The molecule has 0 aromatic heterocycles. The summed E-state index contributed by atoms with van der Waals surface area (Å²) in [6.07, 6.45) is 0.542. The Balaban J connectivity index is 2.70.